The summed E-state index contributed by atoms with van der Waals surface area (Å²) in [5.74, 6) is 1.09. The third kappa shape index (κ3) is 7.65. The molecule has 0 saturated heterocycles. The fourth-order valence-electron chi connectivity index (χ4n) is 4.80. The van der Waals surface area contributed by atoms with Crippen molar-refractivity contribution < 1.29 is 9.59 Å². The quantitative estimate of drug-likeness (QED) is 0.492. The van der Waals surface area contributed by atoms with Gasteiger partial charge in [-0.25, -0.2) is 4.98 Å². The van der Waals surface area contributed by atoms with E-state index in [4.69, 9.17) is 0 Å². The smallest absolute Gasteiger partial charge is 0.258 e. The Balaban J connectivity index is 0.00000400. The molecule has 0 radical (unpaired) electrons. The van der Waals surface area contributed by atoms with E-state index in [9.17, 15) is 14.4 Å². The fraction of sp³-hybridized carbons (Fsp3) is 0.448. The molecule has 0 spiro atoms. The van der Waals surface area contributed by atoms with Crippen LogP contribution in [0, 0.1) is 5.92 Å². The van der Waals surface area contributed by atoms with Crippen LogP contribution >= 0.6 is 12.4 Å². The Bertz CT molecular complexity index is 1290. The average Bonchev–Trinajstić information content (AvgIpc) is 2.91. The second-order valence-corrected chi connectivity index (χ2v) is 10.1. The summed E-state index contributed by atoms with van der Waals surface area (Å²) in [7, 11) is 0. The van der Waals surface area contributed by atoms with Crippen molar-refractivity contribution in [3.8, 4) is 0 Å². The summed E-state index contributed by atoms with van der Waals surface area (Å²) in [4.78, 5) is 49.7. The van der Waals surface area contributed by atoms with Gasteiger partial charge in [0.2, 0.25) is 11.8 Å². The molecule has 0 fully saturated rings. The summed E-state index contributed by atoms with van der Waals surface area (Å²) in [6.45, 7) is 7.23. The monoisotopic (exact) mass is 539 g/mol. The van der Waals surface area contributed by atoms with Crippen LogP contribution in [0.1, 0.15) is 50.9 Å². The third-order valence-electron chi connectivity index (χ3n) is 6.67. The topological polar surface area (TPSA) is 98.4 Å². The lowest BCUT2D eigenvalue weighted by Gasteiger charge is -2.27. The van der Waals surface area contributed by atoms with E-state index in [2.05, 4.69) is 35.2 Å². The van der Waals surface area contributed by atoms with Crippen molar-refractivity contribution in [2.75, 3.05) is 31.1 Å². The molecule has 3 aromatic rings. The molecular formula is C29H38ClN5O3. The van der Waals surface area contributed by atoms with E-state index >= 15 is 0 Å². The van der Waals surface area contributed by atoms with Crippen molar-refractivity contribution in [1.82, 2.24) is 20.2 Å². The molecule has 1 aromatic heterocycles. The summed E-state index contributed by atoms with van der Waals surface area (Å²) in [6.07, 6.45) is 2.73. The van der Waals surface area contributed by atoms with E-state index in [1.54, 1.807) is 6.07 Å². The number of carbonyl (C=O) groups excluding carboxylic acids is 2. The number of aryl methyl sites for hydroxylation is 1. The molecule has 8 nitrogen and oxygen atoms in total. The zero-order chi connectivity index (χ0) is 26.2. The van der Waals surface area contributed by atoms with Crippen LogP contribution in [-0.4, -0.2) is 52.9 Å². The van der Waals surface area contributed by atoms with Crippen LogP contribution in [0.3, 0.4) is 0 Å². The lowest BCUT2D eigenvalue weighted by Crippen LogP contribution is -2.39. The Labute approximate surface area is 230 Å². The maximum Gasteiger partial charge on any atom is 0.258 e. The largest absolute Gasteiger partial charge is 0.341 e. The first-order valence-corrected chi connectivity index (χ1v) is 13.3. The molecule has 1 aliphatic heterocycles. The normalized spacial score (nSPS) is 14.5. The fourth-order valence-corrected chi connectivity index (χ4v) is 4.80. The van der Waals surface area contributed by atoms with Gasteiger partial charge >= 0.3 is 0 Å². The number of hydrogen-bond acceptors (Lipinski definition) is 5. The number of aromatic nitrogens is 2. The standard InChI is InChI=1S/C29H37N5O3.ClH/c1-21(2)19-28(36)34-17-8-16-33(18-15-30-20-22-9-3-6-12-25(22)34)27(35)14-7-13-26-31-24-11-5-4-10-23(24)29(37)32-26;/h3-6,9-12,21,30H,7-8,13-20H2,1-2H3,(H,31,32,37);1H. The minimum Gasteiger partial charge on any atom is -0.341 e. The van der Waals surface area contributed by atoms with Gasteiger partial charge in [-0.2, -0.15) is 0 Å². The maximum atomic E-state index is 13.1. The Hall–Kier alpha value is -3.23. The van der Waals surface area contributed by atoms with E-state index in [0.717, 1.165) is 11.3 Å². The van der Waals surface area contributed by atoms with Crippen molar-refractivity contribution in [3.63, 3.8) is 0 Å². The first-order chi connectivity index (χ1) is 17.9. The van der Waals surface area contributed by atoms with E-state index in [1.807, 2.05) is 46.2 Å². The predicted octanol–water partition coefficient (Wildman–Crippen LogP) is 4.07. The molecule has 38 heavy (non-hydrogen) atoms. The lowest BCUT2D eigenvalue weighted by molar-refractivity contribution is -0.131. The highest BCUT2D eigenvalue weighted by Crippen LogP contribution is 2.23. The van der Waals surface area contributed by atoms with Crippen molar-refractivity contribution in [2.24, 2.45) is 5.92 Å². The molecule has 1 aliphatic rings. The van der Waals surface area contributed by atoms with Gasteiger partial charge in [-0.1, -0.05) is 44.2 Å². The first kappa shape index (κ1) is 29.3. The molecule has 9 heteroatoms. The third-order valence-corrected chi connectivity index (χ3v) is 6.67. The van der Waals surface area contributed by atoms with E-state index in [1.165, 1.54) is 0 Å². The number of halogens is 1. The Morgan fingerprint density at radius 2 is 1.76 bits per heavy atom. The van der Waals surface area contributed by atoms with E-state index < -0.39 is 0 Å². The molecule has 2 aromatic carbocycles. The number of H-pyrrole nitrogens is 1. The molecule has 2 heterocycles. The van der Waals surface area contributed by atoms with Crippen LogP contribution in [0.4, 0.5) is 5.69 Å². The highest BCUT2D eigenvalue weighted by molar-refractivity contribution is 5.94. The minimum atomic E-state index is -0.150. The van der Waals surface area contributed by atoms with Crippen LogP contribution in [-0.2, 0) is 22.6 Å². The zero-order valence-corrected chi connectivity index (χ0v) is 23.1. The van der Waals surface area contributed by atoms with Crippen LogP contribution in [0.5, 0.6) is 0 Å². The van der Waals surface area contributed by atoms with Crippen molar-refractivity contribution >= 4 is 40.8 Å². The van der Waals surface area contributed by atoms with Gasteiger partial charge in [0, 0.05) is 57.7 Å². The molecule has 0 atom stereocenters. The highest BCUT2D eigenvalue weighted by Gasteiger charge is 2.21. The van der Waals surface area contributed by atoms with Crippen molar-refractivity contribution in [3.05, 3.63) is 70.3 Å². The summed E-state index contributed by atoms with van der Waals surface area (Å²) < 4.78 is 0. The van der Waals surface area contributed by atoms with Crippen LogP contribution < -0.4 is 15.8 Å². The molecule has 0 aliphatic carbocycles. The number of benzene rings is 2. The Morgan fingerprint density at radius 3 is 2.58 bits per heavy atom. The number of anilines is 1. The number of rotatable bonds is 6. The minimum absolute atomic E-state index is 0. The molecule has 0 bridgehead atoms. The highest BCUT2D eigenvalue weighted by atomic mass is 35.5. The van der Waals surface area contributed by atoms with Crippen molar-refractivity contribution in [2.45, 2.75) is 52.5 Å². The Morgan fingerprint density at radius 1 is 1.00 bits per heavy atom. The summed E-state index contributed by atoms with van der Waals surface area (Å²) in [5, 5.41) is 4.02. The van der Waals surface area contributed by atoms with Gasteiger partial charge in [0.05, 0.1) is 10.9 Å². The molecule has 204 valence electrons. The van der Waals surface area contributed by atoms with E-state index in [-0.39, 0.29) is 35.7 Å². The number of nitrogens with zero attached hydrogens (tertiary/aromatic N) is 3. The first-order valence-electron chi connectivity index (χ1n) is 13.3. The lowest BCUT2D eigenvalue weighted by atomic mass is 10.1. The van der Waals surface area contributed by atoms with Gasteiger partial charge in [0.25, 0.3) is 5.56 Å². The number of amides is 2. The van der Waals surface area contributed by atoms with Crippen molar-refractivity contribution in [1.29, 1.82) is 0 Å². The van der Waals surface area contributed by atoms with Crippen LogP contribution in [0.15, 0.2) is 53.3 Å². The SMILES string of the molecule is CC(C)CC(=O)N1CCCN(C(=O)CCCc2nc3ccccc3c(=O)[nH]2)CCNCc2ccccc21.Cl. The maximum absolute atomic E-state index is 13.1. The average molecular weight is 540 g/mol. The van der Waals surface area contributed by atoms with Gasteiger partial charge in [0.1, 0.15) is 5.82 Å². The summed E-state index contributed by atoms with van der Waals surface area (Å²) in [5.41, 5.74) is 2.57. The molecule has 0 saturated carbocycles. The number of aromatic amines is 1. The zero-order valence-electron chi connectivity index (χ0n) is 22.2. The van der Waals surface area contributed by atoms with Gasteiger partial charge in [-0.3, -0.25) is 14.4 Å². The van der Waals surface area contributed by atoms with Crippen LogP contribution in [0.25, 0.3) is 10.9 Å². The number of hydrogen-bond donors (Lipinski definition) is 2. The molecular weight excluding hydrogens is 502 g/mol. The molecule has 0 unspecified atom stereocenters. The van der Waals surface area contributed by atoms with Gasteiger partial charge < -0.3 is 20.1 Å². The number of carbonyl (C=O) groups is 2. The van der Waals surface area contributed by atoms with Gasteiger partial charge in [0.15, 0.2) is 0 Å². The Kier molecular flexibility index (Phi) is 10.9. The summed E-state index contributed by atoms with van der Waals surface area (Å²) >= 11 is 0. The number of para-hydroxylation sites is 2. The van der Waals surface area contributed by atoms with Crippen LogP contribution in [0.2, 0.25) is 0 Å². The summed E-state index contributed by atoms with van der Waals surface area (Å²) in [6, 6.07) is 15.3. The molecule has 2 N–H and O–H groups in total. The van der Waals surface area contributed by atoms with E-state index in [0.29, 0.717) is 81.6 Å². The number of fused-ring (bicyclic) bond motifs is 2. The predicted molar refractivity (Wildman–Crippen MR) is 154 cm³/mol. The second-order valence-electron chi connectivity index (χ2n) is 10.1. The second kappa shape index (κ2) is 14.1. The van der Waals surface area contributed by atoms with Gasteiger partial charge in [-0.15, -0.1) is 12.4 Å². The molecule has 2 amide bonds. The number of nitrogens with one attached hydrogen (secondary N) is 2. The van der Waals surface area contributed by atoms with Gasteiger partial charge in [-0.05, 0) is 42.5 Å². The molecule has 4 rings (SSSR count).